The lowest BCUT2D eigenvalue weighted by Crippen LogP contribution is -2.36. The Balaban J connectivity index is 0.00000264. The quantitative estimate of drug-likeness (QED) is 0.798. The summed E-state index contributed by atoms with van der Waals surface area (Å²) >= 11 is 1.68. The van der Waals surface area contributed by atoms with Crippen LogP contribution in [0.1, 0.15) is 6.42 Å². The molecule has 0 fully saturated rings. The molecule has 0 spiro atoms. The summed E-state index contributed by atoms with van der Waals surface area (Å²) in [5, 5.41) is 2.80. The molecule has 7 heteroatoms. The van der Waals surface area contributed by atoms with Gasteiger partial charge in [0.05, 0.1) is 6.04 Å². The van der Waals surface area contributed by atoms with E-state index in [0.29, 0.717) is 23.6 Å². The molecule has 0 unspecified atom stereocenters. The van der Waals surface area contributed by atoms with E-state index in [2.05, 4.69) is 10.3 Å². The highest BCUT2D eigenvalue weighted by Crippen LogP contribution is 2.22. The maximum Gasteiger partial charge on any atom is 0.241 e. The van der Waals surface area contributed by atoms with Crippen molar-refractivity contribution >= 4 is 35.8 Å². The number of carbonyl (C=O) groups excluding carboxylic acids is 1. The summed E-state index contributed by atoms with van der Waals surface area (Å²) in [5.41, 5.74) is 6.53. The Bertz CT molecular complexity index is 596. The highest BCUT2D eigenvalue weighted by Gasteiger charge is 2.12. The maximum atomic E-state index is 11.9. The normalized spacial score (nSPS) is 11.2. The van der Waals surface area contributed by atoms with E-state index in [1.165, 1.54) is 0 Å². The summed E-state index contributed by atoms with van der Waals surface area (Å²) in [6.45, 7) is 0. The summed E-state index contributed by atoms with van der Waals surface area (Å²) in [6, 6.07) is 10.2. The Morgan fingerprint density at radius 2 is 1.83 bits per heavy atom. The topological polar surface area (TPSA) is 77.2 Å². The Hall–Kier alpha value is -1.76. The van der Waals surface area contributed by atoms with Crippen molar-refractivity contribution in [2.24, 2.45) is 5.73 Å². The zero-order valence-electron chi connectivity index (χ0n) is 12.8. The lowest BCUT2D eigenvalue weighted by Gasteiger charge is -2.12. The van der Waals surface area contributed by atoms with Gasteiger partial charge in [-0.25, -0.2) is 0 Å². The second-order valence-electron chi connectivity index (χ2n) is 4.69. The van der Waals surface area contributed by atoms with Crippen LogP contribution in [0.2, 0.25) is 0 Å². The van der Waals surface area contributed by atoms with Gasteiger partial charge in [-0.15, -0.1) is 12.4 Å². The van der Waals surface area contributed by atoms with Gasteiger partial charge in [-0.3, -0.25) is 9.78 Å². The fraction of sp³-hybridized carbons (Fsp3) is 0.250. The molecule has 2 aromatic rings. The van der Waals surface area contributed by atoms with Crippen LogP contribution in [0.4, 0.5) is 5.69 Å². The number of carbonyl (C=O) groups is 1. The molecule has 0 saturated heterocycles. The molecule has 1 atom stereocenters. The van der Waals surface area contributed by atoms with Crippen LogP contribution in [0.25, 0.3) is 0 Å². The molecule has 23 heavy (non-hydrogen) atoms. The molecular weight excluding hydrogens is 334 g/mol. The number of ether oxygens (including phenoxy) is 1. The van der Waals surface area contributed by atoms with Gasteiger partial charge in [-0.2, -0.15) is 11.8 Å². The van der Waals surface area contributed by atoms with Crippen LogP contribution in [-0.2, 0) is 4.79 Å². The van der Waals surface area contributed by atoms with E-state index in [1.54, 1.807) is 60.6 Å². The number of pyridine rings is 1. The number of amides is 1. The molecule has 2 rings (SSSR count). The van der Waals surface area contributed by atoms with Crippen molar-refractivity contribution in [1.29, 1.82) is 0 Å². The van der Waals surface area contributed by atoms with Gasteiger partial charge in [0.25, 0.3) is 0 Å². The predicted octanol–water partition coefficient (Wildman–Crippen LogP) is 3.31. The molecule has 5 nitrogen and oxygen atoms in total. The monoisotopic (exact) mass is 353 g/mol. The average Bonchev–Trinajstić information content (AvgIpc) is 2.55. The third kappa shape index (κ3) is 6.48. The predicted molar refractivity (Wildman–Crippen MR) is 97.6 cm³/mol. The number of benzene rings is 1. The number of aromatic nitrogens is 1. The van der Waals surface area contributed by atoms with E-state index in [9.17, 15) is 4.79 Å². The van der Waals surface area contributed by atoms with Crippen LogP contribution >= 0.6 is 24.2 Å². The molecule has 1 amide bonds. The number of halogens is 1. The largest absolute Gasteiger partial charge is 0.457 e. The standard InChI is InChI=1S/C16H19N3O2S.ClH/c1-22-11-8-15(17)16(20)19-12-2-4-13(5-3-12)21-14-6-9-18-10-7-14;/h2-7,9-10,15H,8,11,17H2,1H3,(H,19,20);1H/t15-;/m0./s1. The summed E-state index contributed by atoms with van der Waals surface area (Å²) in [6.07, 6.45) is 5.99. The van der Waals surface area contributed by atoms with E-state index in [-0.39, 0.29) is 18.3 Å². The van der Waals surface area contributed by atoms with Crippen molar-refractivity contribution in [3.05, 3.63) is 48.8 Å². The van der Waals surface area contributed by atoms with E-state index < -0.39 is 6.04 Å². The number of hydrogen-bond acceptors (Lipinski definition) is 5. The molecule has 0 bridgehead atoms. The Morgan fingerprint density at radius 1 is 1.22 bits per heavy atom. The molecule has 124 valence electrons. The van der Waals surface area contributed by atoms with Crippen LogP contribution < -0.4 is 15.8 Å². The van der Waals surface area contributed by atoms with Crippen molar-refractivity contribution in [1.82, 2.24) is 4.98 Å². The van der Waals surface area contributed by atoms with Gasteiger partial charge < -0.3 is 15.8 Å². The van der Waals surface area contributed by atoms with Gasteiger partial charge in [0, 0.05) is 18.1 Å². The molecule has 0 aliphatic carbocycles. The van der Waals surface area contributed by atoms with Crippen molar-refractivity contribution in [3.63, 3.8) is 0 Å². The first-order valence-electron chi connectivity index (χ1n) is 6.92. The molecule has 0 radical (unpaired) electrons. The van der Waals surface area contributed by atoms with Crippen molar-refractivity contribution in [3.8, 4) is 11.5 Å². The minimum absolute atomic E-state index is 0. The molecular formula is C16H20ClN3O2S. The molecule has 1 aromatic heterocycles. The number of anilines is 1. The van der Waals surface area contributed by atoms with E-state index >= 15 is 0 Å². The maximum absolute atomic E-state index is 11.9. The summed E-state index contributed by atoms with van der Waals surface area (Å²) < 4.78 is 5.66. The zero-order valence-corrected chi connectivity index (χ0v) is 14.4. The van der Waals surface area contributed by atoms with Crippen molar-refractivity contribution < 1.29 is 9.53 Å². The number of thioether (sulfide) groups is 1. The van der Waals surface area contributed by atoms with E-state index in [4.69, 9.17) is 10.5 Å². The van der Waals surface area contributed by atoms with Crippen LogP contribution in [-0.4, -0.2) is 28.9 Å². The van der Waals surface area contributed by atoms with Gasteiger partial charge in [-0.05, 0) is 54.8 Å². The van der Waals surface area contributed by atoms with E-state index in [0.717, 1.165) is 5.75 Å². The lowest BCUT2D eigenvalue weighted by molar-refractivity contribution is -0.117. The van der Waals surface area contributed by atoms with Crippen LogP contribution in [0, 0.1) is 0 Å². The highest BCUT2D eigenvalue weighted by molar-refractivity contribution is 7.98. The first-order chi connectivity index (χ1) is 10.7. The van der Waals surface area contributed by atoms with Crippen LogP contribution in [0.5, 0.6) is 11.5 Å². The Labute approximate surface area is 146 Å². The van der Waals surface area contributed by atoms with Crippen LogP contribution in [0.15, 0.2) is 48.8 Å². The van der Waals surface area contributed by atoms with Crippen molar-refractivity contribution in [2.45, 2.75) is 12.5 Å². The fourth-order valence-electron chi connectivity index (χ4n) is 1.76. The smallest absolute Gasteiger partial charge is 0.241 e. The number of rotatable bonds is 7. The molecule has 1 aromatic carbocycles. The lowest BCUT2D eigenvalue weighted by atomic mass is 10.2. The number of nitrogens with zero attached hydrogens (tertiary/aromatic N) is 1. The van der Waals surface area contributed by atoms with Crippen LogP contribution in [0.3, 0.4) is 0 Å². The second-order valence-corrected chi connectivity index (χ2v) is 5.67. The molecule has 0 saturated carbocycles. The number of nitrogens with two attached hydrogens (primary N) is 1. The first kappa shape index (κ1) is 19.3. The van der Waals surface area contributed by atoms with Gasteiger partial charge >= 0.3 is 0 Å². The summed E-state index contributed by atoms with van der Waals surface area (Å²) in [7, 11) is 0. The van der Waals surface area contributed by atoms with Gasteiger partial charge in [0.15, 0.2) is 0 Å². The van der Waals surface area contributed by atoms with E-state index in [1.807, 2.05) is 6.26 Å². The van der Waals surface area contributed by atoms with Gasteiger partial charge in [-0.1, -0.05) is 0 Å². The van der Waals surface area contributed by atoms with Gasteiger partial charge in [0.1, 0.15) is 11.5 Å². The highest BCUT2D eigenvalue weighted by atomic mass is 35.5. The average molecular weight is 354 g/mol. The van der Waals surface area contributed by atoms with Crippen molar-refractivity contribution in [2.75, 3.05) is 17.3 Å². The summed E-state index contributed by atoms with van der Waals surface area (Å²) in [5.74, 6) is 2.10. The molecule has 0 aliphatic heterocycles. The second kappa shape index (κ2) is 10.1. The fourth-order valence-corrected chi connectivity index (χ4v) is 2.25. The third-order valence-corrected chi connectivity index (χ3v) is 3.62. The minimum Gasteiger partial charge on any atom is -0.457 e. The zero-order chi connectivity index (χ0) is 15.8. The summed E-state index contributed by atoms with van der Waals surface area (Å²) in [4.78, 5) is 15.8. The first-order valence-corrected chi connectivity index (χ1v) is 8.32. The molecule has 0 aliphatic rings. The van der Waals surface area contributed by atoms with Gasteiger partial charge in [0.2, 0.25) is 5.91 Å². The Morgan fingerprint density at radius 3 is 2.43 bits per heavy atom. The number of nitrogens with one attached hydrogen (secondary N) is 1. The Kier molecular flexibility index (Phi) is 8.47. The SMILES string of the molecule is CSCC[C@H](N)C(=O)Nc1ccc(Oc2ccncc2)cc1.Cl. The third-order valence-electron chi connectivity index (χ3n) is 2.98. The molecule has 3 N–H and O–H groups in total. The number of hydrogen-bond donors (Lipinski definition) is 2. The molecule has 1 heterocycles. The minimum atomic E-state index is -0.486.